The van der Waals surface area contributed by atoms with Crippen LogP contribution >= 0.6 is 0 Å². The highest BCUT2D eigenvalue weighted by Gasteiger charge is 2.17. The van der Waals surface area contributed by atoms with E-state index in [0.29, 0.717) is 0 Å². The molecule has 0 heterocycles. The lowest BCUT2D eigenvalue weighted by Crippen LogP contribution is -2.35. The van der Waals surface area contributed by atoms with Crippen LogP contribution < -0.4 is 0 Å². The maximum absolute atomic E-state index is 7.00. The van der Waals surface area contributed by atoms with Crippen LogP contribution in [0.25, 0.3) is 0 Å². The molecule has 0 saturated heterocycles. The molecule has 1 saturated carbocycles. The van der Waals surface area contributed by atoms with Crippen LogP contribution in [0, 0.1) is 5.92 Å². The van der Waals surface area contributed by atoms with Crippen molar-refractivity contribution in [2.45, 2.75) is 58.9 Å². The highest BCUT2D eigenvalue weighted by Crippen LogP contribution is 2.24. The zero-order valence-electron chi connectivity index (χ0n) is 11.0. The van der Waals surface area contributed by atoms with Gasteiger partial charge in [0, 0.05) is 19.7 Å². The fraction of sp³-hybridized carbons (Fsp3) is 1.00. The molecule has 0 radical (unpaired) electrons. The minimum absolute atomic E-state index is 0.729. The van der Waals surface area contributed by atoms with Crippen LogP contribution in [0.3, 0.4) is 0 Å². The molecule has 0 bridgehead atoms. The summed E-state index contributed by atoms with van der Waals surface area (Å²) in [6.45, 7) is 9.46. The van der Waals surface area contributed by atoms with Gasteiger partial charge in [0.1, 0.15) is 0 Å². The minimum atomic E-state index is 0.729. The normalized spacial score (nSPS) is 17.8. The average Bonchev–Trinajstić information content (AvgIpc) is 2.29. The number of aliphatic hydroxyl groups excluding tert-OH is 1. The summed E-state index contributed by atoms with van der Waals surface area (Å²) in [5.74, 6) is 0.996. The predicted molar refractivity (Wildman–Crippen MR) is 67.1 cm³/mol. The molecule has 0 aliphatic heterocycles. The van der Waals surface area contributed by atoms with Gasteiger partial charge in [0.2, 0.25) is 0 Å². The third kappa shape index (κ3) is 6.16. The Morgan fingerprint density at radius 2 is 1.67 bits per heavy atom. The van der Waals surface area contributed by atoms with Crippen molar-refractivity contribution in [2.75, 3.05) is 20.2 Å². The standard InChI is InChI=1S/C12H25N.CH4O/c1-4-13(11(2)3)10-12-8-6-5-7-9-12;1-2/h11-12H,4-10H2,1-3H3;2H,1H3. The lowest BCUT2D eigenvalue weighted by molar-refractivity contribution is 0.173. The van der Waals surface area contributed by atoms with E-state index in [4.69, 9.17) is 5.11 Å². The van der Waals surface area contributed by atoms with E-state index in [9.17, 15) is 0 Å². The second-order valence-corrected chi connectivity index (χ2v) is 4.69. The first-order chi connectivity index (χ1) is 7.24. The largest absolute Gasteiger partial charge is 0.400 e. The molecule has 0 unspecified atom stereocenters. The molecule has 0 amide bonds. The Balaban J connectivity index is 0.000000921. The van der Waals surface area contributed by atoms with Gasteiger partial charge >= 0.3 is 0 Å². The molecule has 1 rings (SSSR count). The summed E-state index contributed by atoms with van der Waals surface area (Å²) >= 11 is 0. The third-order valence-electron chi connectivity index (χ3n) is 3.35. The van der Waals surface area contributed by atoms with Crippen LogP contribution in [0.15, 0.2) is 0 Å². The number of hydrogen-bond acceptors (Lipinski definition) is 2. The molecule has 1 fully saturated rings. The van der Waals surface area contributed by atoms with Crippen molar-refractivity contribution in [2.24, 2.45) is 5.92 Å². The first-order valence-electron chi connectivity index (χ1n) is 6.42. The van der Waals surface area contributed by atoms with Gasteiger partial charge in [-0.1, -0.05) is 26.2 Å². The SMILES string of the molecule is CCN(CC1CCCCC1)C(C)C.CO. The number of nitrogens with zero attached hydrogens (tertiary/aromatic N) is 1. The second-order valence-electron chi connectivity index (χ2n) is 4.69. The topological polar surface area (TPSA) is 23.5 Å². The Morgan fingerprint density at radius 1 is 1.13 bits per heavy atom. The van der Waals surface area contributed by atoms with Gasteiger partial charge in [-0.15, -0.1) is 0 Å². The summed E-state index contributed by atoms with van der Waals surface area (Å²) in [6.07, 6.45) is 7.37. The van der Waals surface area contributed by atoms with E-state index < -0.39 is 0 Å². The van der Waals surface area contributed by atoms with E-state index in [2.05, 4.69) is 25.7 Å². The third-order valence-corrected chi connectivity index (χ3v) is 3.35. The van der Waals surface area contributed by atoms with Crippen molar-refractivity contribution < 1.29 is 5.11 Å². The van der Waals surface area contributed by atoms with E-state index in [1.54, 1.807) is 0 Å². The van der Waals surface area contributed by atoms with Gasteiger partial charge in [-0.3, -0.25) is 0 Å². The lowest BCUT2D eigenvalue weighted by Gasteiger charge is -2.31. The zero-order valence-corrected chi connectivity index (χ0v) is 11.0. The van der Waals surface area contributed by atoms with Gasteiger partial charge in [0.25, 0.3) is 0 Å². The zero-order chi connectivity index (χ0) is 11.7. The summed E-state index contributed by atoms with van der Waals surface area (Å²) in [7, 11) is 1.00. The average molecular weight is 215 g/mol. The molecule has 2 heteroatoms. The molecule has 1 aliphatic rings. The molecule has 2 nitrogen and oxygen atoms in total. The van der Waals surface area contributed by atoms with Crippen LogP contribution in [-0.2, 0) is 0 Å². The number of rotatable bonds is 4. The monoisotopic (exact) mass is 215 g/mol. The second kappa shape index (κ2) is 9.17. The number of aliphatic hydroxyl groups is 1. The van der Waals surface area contributed by atoms with E-state index in [1.165, 1.54) is 45.2 Å². The molecule has 0 aromatic carbocycles. The molecule has 15 heavy (non-hydrogen) atoms. The molecular formula is C13H29NO. The molecule has 0 aromatic rings. The van der Waals surface area contributed by atoms with E-state index >= 15 is 0 Å². The van der Waals surface area contributed by atoms with Gasteiger partial charge in [0.05, 0.1) is 0 Å². The summed E-state index contributed by atoms with van der Waals surface area (Å²) in [5, 5.41) is 7.00. The van der Waals surface area contributed by atoms with E-state index in [-0.39, 0.29) is 0 Å². The van der Waals surface area contributed by atoms with Crippen molar-refractivity contribution in [1.82, 2.24) is 4.90 Å². The van der Waals surface area contributed by atoms with Crippen molar-refractivity contribution in [3.05, 3.63) is 0 Å². The predicted octanol–water partition coefficient (Wildman–Crippen LogP) is 2.91. The number of hydrogen-bond donors (Lipinski definition) is 1. The van der Waals surface area contributed by atoms with Crippen molar-refractivity contribution in [1.29, 1.82) is 0 Å². The van der Waals surface area contributed by atoms with Crippen LogP contribution in [0.4, 0.5) is 0 Å². The smallest absolute Gasteiger partial charge is 0.0319 e. The van der Waals surface area contributed by atoms with Crippen molar-refractivity contribution in [3.8, 4) is 0 Å². The van der Waals surface area contributed by atoms with Crippen molar-refractivity contribution in [3.63, 3.8) is 0 Å². The Labute approximate surface area is 95.7 Å². The molecule has 0 aromatic heterocycles. The van der Waals surface area contributed by atoms with E-state index in [0.717, 1.165) is 19.1 Å². The Morgan fingerprint density at radius 3 is 2.07 bits per heavy atom. The van der Waals surface area contributed by atoms with Crippen LogP contribution in [0.2, 0.25) is 0 Å². The summed E-state index contributed by atoms with van der Waals surface area (Å²) < 4.78 is 0. The molecule has 92 valence electrons. The molecule has 0 atom stereocenters. The highest BCUT2D eigenvalue weighted by atomic mass is 16.2. The molecule has 1 N–H and O–H groups in total. The van der Waals surface area contributed by atoms with Gasteiger partial charge in [-0.25, -0.2) is 0 Å². The minimum Gasteiger partial charge on any atom is -0.400 e. The van der Waals surface area contributed by atoms with Gasteiger partial charge in [-0.2, -0.15) is 0 Å². The Hall–Kier alpha value is -0.0800. The van der Waals surface area contributed by atoms with Crippen LogP contribution in [0.1, 0.15) is 52.9 Å². The Bertz CT molecular complexity index is 130. The fourth-order valence-electron chi connectivity index (χ4n) is 2.41. The first kappa shape index (κ1) is 14.9. The first-order valence-corrected chi connectivity index (χ1v) is 6.42. The fourth-order valence-corrected chi connectivity index (χ4v) is 2.41. The summed E-state index contributed by atoms with van der Waals surface area (Å²) in [4.78, 5) is 2.61. The quantitative estimate of drug-likeness (QED) is 0.779. The van der Waals surface area contributed by atoms with Crippen LogP contribution in [-0.4, -0.2) is 36.2 Å². The van der Waals surface area contributed by atoms with Gasteiger partial charge in [-0.05, 0) is 39.2 Å². The Kier molecular flexibility index (Phi) is 9.12. The summed E-state index contributed by atoms with van der Waals surface area (Å²) in [5.41, 5.74) is 0. The highest BCUT2D eigenvalue weighted by molar-refractivity contribution is 4.71. The molecule has 0 spiro atoms. The molecule has 1 aliphatic carbocycles. The maximum Gasteiger partial charge on any atom is 0.0319 e. The van der Waals surface area contributed by atoms with E-state index in [1.807, 2.05) is 0 Å². The summed E-state index contributed by atoms with van der Waals surface area (Å²) in [6, 6.07) is 0.729. The van der Waals surface area contributed by atoms with Gasteiger partial charge in [0.15, 0.2) is 0 Å². The maximum atomic E-state index is 7.00. The van der Waals surface area contributed by atoms with Gasteiger partial charge < -0.3 is 10.0 Å². The van der Waals surface area contributed by atoms with Crippen molar-refractivity contribution >= 4 is 0 Å². The molecular weight excluding hydrogens is 186 g/mol. The lowest BCUT2D eigenvalue weighted by atomic mass is 9.89. The van der Waals surface area contributed by atoms with Crippen LogP contribution in [0.5, 0.6) is 0 Å².